The van der Waals surface area contributed by atoms with Gasteiger partial charge in [-0.1, -0.05) is 28.9 Å². The number of aryl methyl sites for hydroxylation is 1. The summed E-state index contributed by atoms with van der Waals surface area (Å²) < 4.78 is 0. The number of nitrogens with one attached hydrogen (secondary N) is 1. The topological polar surface area (TPSA) is 42.0 Å². The van der Waals surface area contributed by atoms with Crippen LogP contribution in [0.15, 0.2) is 18.3 Å². The number of halogens is 1. The summed E-state index contributed by atoms with van der Waals surface area (Å²) in [6.45, 7) is 4.81. The second kappa shape index (κ2) is 7.43. The van der Waals surface area contributed by atoms with Gasteiger partial charge in [0.05, 0.1) is 0 Å². The summed E-state index contributed by atoms with van der Waals surface area (Å²) in [4.78, 5) is 15.9. The van der Waals surface area contributed by atoms with Crippen molar-refractivity contribution in [2.45, 2.75) is 26.7 Å². The second-order valence-electron chi connectivity index (χ2n) is 4.33. The molecule has 0 fully saturated rings. The molecule has 1 N–H and O–H groups in total. The smallest absolute Gasteiger partial charge is 0.270 e. The normalized spacial score (nSPS) is 12.2. The lowest BCUT2D eigenvalue weighted by atomic mass is 10.1. The Morgan fingerprint density at radius 2 is 2.35 bits per heavy atom. The Balaban J connectivity index is 2.33. The number of nitrogens with zero attached hydrogens (tertiary/aromatic N) is 1. The van der Waals surface area contributed by atoms with Crippen LogP contribution in [0.4, 0.5) is 0 Å². The van der Waals surface area contributed by atoms with Crippen LogP contribution in [0.3, 0.4) is 0 Å². The van der Waals surface area contributed by atoms with Crippen LogP contribution in [0.5, 0.6) is 0 Å². The zero-order valence-corrected chi connectivity index (χ0v) is 12.0. The number of rotatable bonds is 6. The number of hydrogen-bond acceptors (Lipinski definition) is 2. The van der Waals surface area contributed by atoms with Crippen molar-refractivity contribution in [3.05, 3.63) is 29.6 Å². The molecule has 0 aliphatic carbocycles. The summed E-state index contributed by atoms with van der Waals surface area (Å²) in [5.41, 5.74) is 1.44. The average molecular weight is 299 g/mol. The average Bonchev–Trinajstić information content (AvgIpc) is 2.34. The molecule has 0 aliphatic rings. The van der Waals surface area contributed by atoms with Gasteiger partial charge in [0.15, 0.2) is 0 Å². The van der Waals surface area contributed by atoms with Gasteiger partial charge in [0, 0.05) is 18.1 Å². The SMILES string of the molecule is Cc1cccnc1C(=O)NCCCC(C)CBr. The van der Waals surface area contributed by atoms with Crippen LogP contribution < -0.4 is 5.32 Å². The minimum atomic E-state index is -0.0744. The zero-order valence-electron chi connectivity index (χ0n) is 10.4. The maximum absolute atomic E-state index is 11.8. The summed E-state index contributed by atoms with van der Waals surface area (Å²) in [7, 11) is 0. The quantitative estimate of drug-likeness (QED) is 0.648. The van der Waals surface area contributed by atoms with Gasteiger partial charge in [0.25, 0.3) is 5.91 Å². The van der Waals surface area contributed by atoms with Crippen LogP contribution in [0, 0.1) is 12.8 Å². The summed E-state index contributed by atoms with van der Waals surface area (Å²) >= 11 is 3.44. The molecule has 4 heteroatoms. The van der Waals surface area contributed by atoms with Gasteiger partial charge in [-0.15, -0.1) is 0 Å². The molecule has 0 saturated carbocycles. The van der Waals surface area contributed by atoms with Crippen LogP contribution in [0.25, 0.3) is 0 Å². The van der Waals surface area contributed by atoms with E-state index in [2.05, 4.69) is 33.2 Å². The van der Waals surface area contributed by atoms with E-state index in [0.717, 1.165) is 23.7 Å². The zero-order chi connectivity index (χ0) is 12.7. The predicted octanol–water partition coefficient (Wildman–Crippen LogP) is 2.93. The van der Waals surface area contributed by atoms with Crippen molar-refractivity contribution in [1.29, 1.82) is 0 Å². The number of amides is 1. The van der Waals surface area contributed by atoms with Crippen molar-refractivity contribution in [3.8, 4) is 0 Å². The lowest BCUT2D eigenvalue weighted by Gasteiger charge is -2.09. The van der Waals surface area contributed by atoms with Gasteiger partial charge in [-0.05, 0) is 37.3 Å². The number of aromatic nitrogens is 1. The fourth-order valence-corrected chi connectivity index (χ4v) is 1.86. The lowest BCUT2D eigenvalue weighted by molar-refractivity contribution is 0.0947. The van der Waals surface area contributed by atoms with Gasteiger partial charge in [-0.2, -0.15) is 0 Å². The maximum Gasteiger partial charge on any atom is 0.270 e. The second-order valence-corrected chi connectivity index (χ2v) is 4.97. The lowest BCUT2D eigenvalue weighted by Crippen LogP contribution is -2.26. The number of pyridine rings is 1. The number of alkyl halides is 1. The minimum absolute atomic E-state index is 0.0744. The Bertz CT molecular complexity index is 368. The van der Waals surface area contributed by atoms with Crippen LogP contribution in [-0.4, -0.2) is 22.8 Å². The van der Waals surface area contributed by atoms with Crippen LogP contribution in [0.1, 0.15) is 35.8 Å². The van der Waals surface area contributed by atoms with Gasteiger partial charge in [0.1, 0.15) is 5.69 Å². The molecule has 1 unspecified atom stereocenters. The molecule has 17 heavy (non-hydrogen) atoms. The van der Waals surface area contributed by atoms with Gasteiger partial charge in [-0.3, -0.25) is 9.78 Å². The molecule has 0 bridgehead atoms. The molecule has 1 aromatic heterocycles. The molecule has 0 spiro atoms. The Morgan fingerprint density at radius 1 is 1.59 bits per heavy atom. The third-order valence-corrected chi connectivity index (χ3v) is 3.75. The molecule has 1 atom stereocenters. The van der Waals surface area contributed by atoms with E-state index in [0.29, 0.717) is 18.2 Å². The van der Waals surface area contributed by atoms with E-state index in [-0.39, 0.29) is 5.91 Å². The highest BCUT2D eigenvalue weighted by Gasteiger charge is 2.09. The highest BCUT2D eigenvalue weighted by molar-refractivity contribution is 9.09. The first-order valence-electron chi connectivity index (χ1n) is 5.91. The Morgan fingerprint density at radius 3 is 3.00 bits per heavy atom. The van der Waals surface area contributed by atoms with Gasteiger partial charge in [0.2, 0.25) is 0 Å². The molecule has 1 heterocycles. The molecule has 0 radical (unpaired) electrons. The summed E-state index contributed by atoms with van der Waals surface area (Å²) in [6.07, 6.45) is 3.77. The van der Waals surface area contributed by atoms with E-state index in [1.54, 1.807) is 6.20 Å². The van der Waals surface area contributed by atoms with Crippen LogP contribution >= 0.6 is 15.9 Å². The van der Waals surface area contributed by atoms with Crippen LogP contribution in [0.2, 0.25) is 0 Å². The minimum Gasteiger partial charge on any atom is -0.351 e. The molecule has 1 amide bonds. The van der Waals surface area contributed by atoms with Crippen molar-refractivity contribution in [3.63, 3.8) is 0 Å². The largest absolute Gasteiger partial charge is 0.351 e. The van der Waals surface area contributed by atoms with Crippen molar-refractivity contribution in [2.24, 2.45) is 5.92 Å². The molecule has 0 aromatic carbocycles. The molecule has 3 nitrogen and oxygen atoms in total. The van der Waals surface area contributed by atoms with Crippen molar-refractivity contribution in [1.82, 2.24) is 10.3 Å². The van der Waals surface area contributed by atoms with Crippen molar-refractivity contribution in [2.75, 3.05) is 11.9 Å². The van der Waals surface area contributed by atoms with Crippen molar-refractivity contribution >= 4 is 21.8 Å². The molecule has 1 aromatic rings. The Labute approximate surface area is 111 Å². The predicted molar refractivity (Wildman–Crippen MR) is 73.5 cm³/mol. The maximum atomic E-state index is 11.8. The first-order chi connectivity index (χ1) is 8.15. The fourth-order valence-electron chi connectivity index (χ4n) is 1.54. The molecule has 0 saturated heterocycles. The van der Waals surface area contributed by atoms with Gasteiger partial charge in [-0.25, -0.2) is 0 Å². The van der Waals surface area contributed by atoms with E-state index < -0.39 is 0 Å². The monoisotopic (exact) mass is 298 g/mol. The van der Waals surface area contributed by atoms with E-state index in [4.69, 9.17) is 0 Å². The van der Waals surface area contributed by atoms with Gasteiger partial charge < -0.3 is 5.32 Å². The molecular weight excluding hydrogens is 280 g/mol. The molecule has 1 rings (SSSR count). The first-order valence-corrected chi connectivity index (χ1v) is 7.03. The van der Waals surface area contributed by atoms with E-state index >= 15 is 0 Å². The highest BCUT2D eigenvalue weighted by Crippen LogP contribution is 2.08. The van der Waals surface area contributed by atoms with Crippen molar-refractivity contribution < 1.29 is 4.79 Å². The van der Waals surface area contributed by atoms with Gasteiger partial charge >= 0.3 is 0 Å². The number of hydrogen-bond donors (Lipinski definition) is 1. The molecule has 0 aliphatic heterocycles. The Hall–Kier alpha value is -0.900. The standard InChI is InChI=1S/C13H19BrN2O/c1-10(9-14)5-3-8-16-13(17)12-11(2)6-4-7-15-12/h4,6-7,10H,3,5,8-9H2,1-2H3,(H,16,17). The van der Waals surface area contributed by atoms with E-state index in [9.17, 15) is 4.79 Å². The number of carbonyl (C=O) groups excluding carboxylic acids is 1. The van der Waals surface area contributed by atoms with Crippen LogP contribution in [-0.2, 0) is 0 Å². The summed E-state index contributed by atoms with van der Waals surface area (Å²) in [5, 5.41) is 3.92. The Kier molecular flexibility index (Phi) is 6.19. The highest BCUT2D eigenvalue weighted by atomic mass is 79.9. The van der Waals surface area contributed by atoms with E-state index in [1.807, 2.05) is 19.1 Å². The summed E-state index contributed by atoms with van der Waals surface area (Å²) in [5.74, 6) is 0.582. The number of carbonyl (C=O) groups is 1. The molecule has 94 valence electrons. The third kappa shape index (κ3) is 4.86. The third-order valence-electron chi connectivity index (χ3n) is 2.65. The fraction of sp³-hybridized carbons (Fsp3) is 0.538. The first kappa shape index (κ1) is 14.2. The molecular formula is C13H19BrN2O. The van der Waals surface area contributed by atoms with E-state index in [1.165, 1.54) is 0 Å². The summed E-state index contributed by atoms with van der Waals surface area (Å²) in [6, 6.07) is 3.73.